The summed E-state index contributed by atoms with van der Waals surface area (Å²) in [7, 11) is 3.83. The molecule has 0 saturated carbocycles. The van der Waals surface area contributed by atoms with Crippen LogP contribution in [0.15, 0.2) is 34.7 Å². The third-order valence-corrected chi connectivity index (χ3v) is 3.03. The van der Waals surface area contributed by atoms with Crippen molar-refractivity contribution in [2.24, 2.45) is 0 Å². The molecule has 0 aliphatic carbocycles. The lowest BCUT2D eigenvalue weighted by Gasteiger charge is -2.15. The van der Waals surface area contributed by atoms with Gasteiger partial charge in [0, 0.05) is 19.8 Å². The van der Waals surface area contributed by atoms with Crippen molar-refractivity contribution in [3.63, 3.8) is 0 Å². The third-order valence-electron chi connectivity index (χ3n) is 2.72. The van der Waals surface area contributed by atoms with Crippen LogP contribution in [0.1, 0.15) is 5.76 Å². The molecule has 1 N–H and O–H groups in total. The van der Waals surface area contributed by atoms with Gasteiger partial charge in [-0.2, -0.15) is 0 Å². The first-order valence-electron chi connectivity index (χ1n) is 5.91. The van der Waals surface area contributed by atoms with Crippen LogP contribution in [0.2, 0.25) is 5.02 Å². The van der Waals surface area contributed by atoms with E-state index in [0.29, 0.717) is 17.3 Å². The lowest BCUT2D eigenvalue weighted by Crippen LogP contribution is -2.09. The predicted molar refractivity (Wildman–Crippen MR) is 78.5 cm³/mol. The van der Waals surface area contributed by atoms with Crippen molar-refractivity contribution in [3.8, 4) is 0 Å². The number of hydrogen-bond donors (Lipinski definition) is 1. The van der Waals surface area contributed by atoms with E-state index in [9.17, 15) is 10.1 Å². The number of benzene rings is 1. The van der Waals surface area contributed by atoms with E-state index in [2.05, 4.69) is 5.32 Å². The SMILES string of the molecule is CN(C)c1ccc(NCc2ccc([N+](=O)[O-])o2)cc1Cl. The van der Waals surface area contributed by atoms with Crippen LogP contribution in [0.4, 0.5) is 17.3 Å². The smallest absolute Gasteiger partial charge is 0.404 e. The number of halogens is 1. The minimum atomic E-state index is -0.563. The number of rotatable bonds is 5. The van der Waals surface area contributed by atoms with Crippen molar-refractivity contribution in [3.05, 3.63) is 51.2 Å². The summed E-state index contributed by atoms with van der Waals surface area (Å²) in [4.78, 5) is 11.9. The molecule has 106 valence electrons. The Morgan fingerprint density at radius 3 is 2.65 bits per heavy atom. The van der Waals surface area contributed by atoms with Crippen LogP contribution in [-0.2, 0) is 6.54 Å². The van der Waals surface area contributed by atoms with Crippen molar-refractivity contribution in [2.45, 2.75) is 6.54 Å². The molecule has 1 aromatic carbocycles. The highest BCUT2D eigenvalue weighted by Crippen LogP contribution is 2.27. The molecule has 0 unspecified atom stereocenters. The van der Waals surface area contributed by atoms with Crippen molar-refractivity contribution < 1.29 is 9.34 Å². The van der Waals surface area contributed by atoms with Crippen molar-refractivity contribution in [2.75, 3.05) is 24.3 Å². The number of anilines is 2. The molecule has 0 atom stereocenters. The van der Waals surface area contributed by atoms with Gasteiger partial charge in [0.1, 0.15) is 10.7 Å². The summed E-state index contributed by atoms with van der Waals surface area (Å²) in [5.74, 6) is 0.229. The molecule has 7 heteroatoms. The lowest BCUT2D eigenvalue weighted by atomic mass is 10.2. The first-order valence-corrected chi connectivity index (χ1v) is 6.29. The maximum Gasteiger partial charge on any atom is 0.433 e. The van der Waals surface area contributed by atoms with E-state index in [1.54, 1.807) is 12.1 Å². The highest BCUT2D eigenvalue weighted by atomic mass is 35.5. The van der Waals surface area contributed by atoms with E-state index in [0.717, 1.165) is 11.4 Å². The van der Waals surface area contributed by atoms with Crippen LogP contribution in [0.5, 0.6) is 0 Å². The first kappa shape index (κ1) is 14.2. The molecule has 2 rings (SSSR count). The number of nitro groups is 1. The van der Waals surface area contributed by atoms with Gasteiger partial charge in [-0.15, -0.1) is 0 Å². The monoisotopic (exact) mass is 295 g/mol. The highest BCUT2D eigenvalue weighted by molar-refractivity contribution is 6.33. The van der Waals surface area contributed by atoms with Crippen LogP contribution < -0.4 is 10.2 Å². The number of nitrogens with zero attached hydrogens (tertiary/aromatic N) is 2. The zero-order valence-corrected chi connectivity index (χ0v) is 11.8. The molecule has 0 aliphatic rings. The molecule has 20 heavy (non-hydrogen) atoms. The summed E-state index contributed by atoms with van der Waals surface area (Å²) >= 11 is 6.16. The first-order chi connectivity index (χ1) is 9.47. The predicted octanol–water partition coefficient (Wildman–Crippen LogP) is 3.52. The molecule has 1 aromatic heterocycles. The standard InChI is InChI=1S/C13H14ClN3O3/c1-16(2)12-5-3-9(7-11(12)14)15-8-10-4-6-13(20-10)17(18)19/h3-7,15H,8H2,1-2H3. The van der Waals surface area contributed by atoms with Gasteiger partial charge < -0.3 is 14.6 Å². The summed E-state index contributed by atoms with van der Waals surface area (Å²) in [6.45, 7) is 0.353. The van der Waals surface area contributed by atoms with Gasteiger partial charge in [-0.25, -0.2) is 0 Å². The van der Waals surface area contributed by atoms with Crippen molar-refractivity contribution >= 4 is 28.9 Å². The van der Waals surface area contributed by atoms with Crippen molar-refractivity contribution in [1.82, 2.24) is 0 Å². The molecule has 0 amide bonds. The van der Waals surface area contributed by atoms with Gasteiger partial charge in [0.2, 0.25) is 0 Å². The average Bonchev–Trinajstić information content (AvgIpc) is 2.85. The maximum absolute atomic E-state index is 10.5. The Bertz CT molecular complexity index is 625. The Morgan fingerprint density at radius 1 is 1.35 bits per heavy atom. The summed E-state index contributed by atoms with van der Waals surface area (Å²) in [5, 5.41) is 14.2. The second kappa shape index (κ2) is 5.83. The number of nitrogens with one attached hydrogen (secondary N) is 1. The molecule has 0 radical (unpaired) electrons. The van der Waals surface area contributed by atoms with E-state index in [4.69, 9.17) is 16.0 Å². The summed E-state index contributed by atoms with van der Waals surface area (Å²) in [5.41, 5.74) is 1.74. The zero-order valence-electron chi connectivity index (χ0n) is 11.1. The topological polar surface area (TPSA) is 71.5 Å². The summed E-state index contributed by atoms with van der Waals surface area (Å²) < 4.78 is 5.06. The Hall–Kier alpha value is -2.21. The highest BCUT2D eigenvalue weighted by Gasteiger charge is 2.11. The molecule has 6 nitrogen and oxygen atoms in total. The molecule has 0 aliphatic heterocycles. The fourth-order valence-corrected chi connectivity index (χ4v) is 2.08. The van der Waals surface area contributed by atoms with Gasteiger partial charge in [0.15, 0.2) is 0 Å². The van der Waals surface area contributed by atoms with Crippen LogP contribution in [-0.4, -0.2) is 19.0 Å². The Balaban J connectivity index is 2.03. The quantitative estimate of drug-likeness (QED) is 0.675. The van der Waals surface area contributed by atoms with Crippen LogP contribution in [0.3, 0.4) is 0 Å². The molecule has 0 fully saturated rings. The Kier molecular flexibility index (Phi) is 4.14. The van der Waals surface area contributed by atoms with E-state index < -0.39 is 4.92 Å². The van der Waals surface area contributed by atoms with Gasteiger partial charge in [-0.1, -0.05) is 11.6 Å². The van der Waals surface area contributed by atoms with E-state index in [1.807, 2.05) is 31.1 Å². The van der Waals surface area contributed by atoms with Gasteiger partial charge in [-0.05, 0) is 24.3 Å². The molecule has 0 spiro atoms. The maximum atomic E-state index is 10.5. The second-order valence-corrected chi connectivity index (χ2v) is 4.82. The summed E-state index contributed by atoms with van der Waals surface area (Å²) in [6, 6.07) is 8.49. The average molecular weight is 296 g/mol. The van der Waals surface area contributed by atoms with Gasteiger partial charge in [0.05, 0.1) is 23.3 Å². The largest absolute Gasteiger partial charge is 0.433 e. The van der Waals surface area contributed by atoms with Crippen molar-refractivity contribution in [1.29, 1.82) is 0 Å². The van der Waals surface area contributed by atoms with E-state index >= 15 is 0 Å². The Morgan fingerprint density at radius 2 is 2.10 bits per heavy atom. The molecule has 0 bridgehead atoms. The van der Waals surface area contributed by atoms with Gasteiger partial charge in [-0.3, -0.25) is 10.1 Å². The summed E-state index contributed by atoms with van der Waals surface area (Å²) in [6.07, 6.45) is 0. The molecule has 1 heterocycles. The normalized spacial score (nSPS) is 10.3. The van der Waals surface area contributed by atoms with Crippen LogP contribution in [0, 0.1) is 10.1 Å². The fourth-order valence-electron chi connectivity index (χ4n) is 1.73. The van der Waals surface area contributed by atoms with Gasteiger partial charge in [0.25, 0.3) is 0 Å². The minimum absolute atomic E-state index is 0.261. The van der Waals surface area contributed by atoms with Crippen LogP contribution in [0.25, 0.3) is 0 Å². The van der Waals surface area contributed by atoms with E-state index in [-0.39, 0.29) is 5.88 Å². The second-order valence-electron chi connectivity index (χ2n) is 4.41. The minimum Gasteiger partial charge on any atom is -0.404 e. The Labute approximate surface area is 121 Å². The molecular weight excluding hydrogens is 282 g/mol. The third kappa shape index (κ3) is 3.21. The molecule has 0 saturated heterocycles. The number of hydrogen-bond acceptors (Lipinski definition) is 5. The lowest BCUT2D eigenvalue weighted by molar-refractivity contribution is -0.402. The van der Waals surface area contributed by atoms with E-state index in [1.165, 1.54) is 6.07 Å². The van der Waals surface area contributed by atoms with Gasteiger partial charge >= 0.3 is 5.88 Å². The zero-order chi connectivity index (χ0) is 14.7. The molecular formula is C13H14ClN3O3. The fraction of sp³-hybridized carbons (Fsp3) is 0.231. The van der Waals surface area contributed by atoms with Crippen LogP contribution >= 0.6 is 11.6 Å². The molecule has 2 aromatic rings. The number of furan rings is 1.